The Labute approximate surface area is 160 Å². The highest BCUT2D eigenvalue weighted by Gasteiger charge is 2.18. The fourth-order valence-corrected chi connectivity index (χ4v) is 2.58. The number of carbonyl (C=O) groups is 3. The molecule has 2 aromatic carbocycles. The Kier molecular flexibility index (Phi) is 6.60. The number of ether oxygens (including phenoxy) is 1. The largest absolute Gasteiger partial charge is 0.465 e. The highest BCUT2D eigenvalue weighted by molar-refractivity contribution is 6.34. The quantitative estimate of drug-likeness (QED) is 0.782. The molecule has 0 aliphatic rings. The normalized spacial score (nSPS) is 10.2. The van der Waals surface area contributed by atoms with Gasteiger partial charge in [-0.15, -0.1) is 0 Å². The van der Waals surface area contributed by atoms with Gasteiger partial charge in [-0.1, -0.05) is 29.3 Å². The minimum Gasteiger partial charge on any atom is -0.465 e. The molecule has 1 N–H and O–H groups in total. The predicted molar refractivity (Wildman–Crippen MR) is 101 cm³/mol. The second-order valence-corrected chi connectivity index (χ2v) is 6.16. The van der Waals surface area contributed by atoms with Crippen molar-refractivity contribution in [2.45, 2.75) is 6.92 Å². The summed E-state index contributed by atoms with van der Waals surface area (Å²) in [5.41, 5.74) is 0.981. The Balaban J connectivity index is 2.18. The second kappa shape index (κ2) is 8.69. The van der Waals surface area contributed by atoms with Gasteiger partial charge in [0.15, 0.2) is 0 Å². The lowest BCUT2D eigenvalue weighted by atomic mass is 10.2. The molecule has 0 fully saturated rings. The summed E-state index contributed by atoms with van der Waals surface area (Å²) < 4.78 is 4.64. The first-order chi connectivity index (χ1) is 12.3. The molecule has 2 aromatic rings. The molecule has 6 nitrogen and oxygen atoms in total. The molecule has 0 aliphatic heterocycles. The monoisotopic (exact) mass is 394 g/mol. The second-order valence-electron chi connectivity index (χ2n) is 5.32. The molecule has 0 saturated heterocycles. The molecule has 0 heterocycles. The van der Waals surface area contributed by atoms with Crippen molar-refractivity contribution in [1.82, 2.24) is 0 Å². The van der Waals surface area contributed by atoms with E-state index in [9.17, 15) is 14.4 Å². The molecule has 0 aliphatic carbocycles. The molecule has 0 atom stereocenters. The fourth-order valence-electron chi connectivity index (χ4n) is 2.23. The van der Waals surface area contributed by atoms with E-state index < -0.39 is 11.9 Å². The van der Waals surface area contributed by atoms with Crippen molar-refractivity contribution in [2.24, 2.45) is 0 Å². The van der Waals surface area contributed by atoms with Crippen LogP contribution >= 0.6 is 23.2 Å². The summed E-state index contributed by atoms with van der Waals surface area (Å²) in [4.78, 5) is 37.2. The van der Waals surface area contributed by atoms with Crippen molar-refractivity contribution in [3.8, 4) is 0 Å². The highest BCUT2D eigenvalue weighted by Crippen LogP contribution is 2.24. The van der Waals surface area contributed by atoms with Crippen LogP contribution in [0.1, 0.15) is 17.3 Å². The lowest BCUT2D eigenvalue weighted by Gasteiger charge is -2.21. The van der Waals surface area contributed by atoms with Crippen LogP contribution in [0.2, 0.25) is 10.0 Å². The van der Waals surface area contributed by atoms with Gasteiger partial charge in [-0.2, -0.15) is 0 Å². The predicted octanol–water partition coefficient (Wildman–Crippen LogP) is 3.77. The van der Waals surface area contributed by atoms with Crippen LogP contribution in [-0.4, -0.2) is 31.4 Å². The lowest BCUT2D eigenvalue weighted by Crippen LogP contribution is -2.36. The Morgan fingerprint density at radius 2 is 1.85 bits per heavy atom. The highest BCUT2D eigenvalue weighted by atomic mass is 35.5. The van der Waals surface area contributed by atoms with Gasteiger partial charge in [-0.05, 0) is 36.4 Å². The van der Waals surface area contributed by atoms with Gasteiger partial charge in [0.25, 0.3) is 0 Å². The summed E-state index contributed by atoms with van der Waals surface area (Å²) in [6, 6.07) is 11.0. The third kappa shape index (κ3) is 4.97. The van der Waals surface area contributed by atoms with E-state index >= 15 is 0 Å². The molecular weight excluding hydrogens is 379 g/mol. The van der Waals surface area contributed by atoms with Crippen LogP contribution in [0.3, 0.4) is 0 Å². The first-order valence-electron chi connectivity index (χ1n) is 7.53. The first kappa shape index (κ1) is 19.8. The van der Waals surface area contributed by atoms with Gasteiger partial charge in [-0.3, -0.25) is 9.59 Å². The topological polar surface area (TPSA) is 75.7 Å². The summed E-state index contributed by atoms with van der Waals surface area (Å²) in [7, 11) is 1.25. The number of rotatable bonds is 5. The minimum absolute atomic E-state index is 0.241. The molecular formula is C18H16Cl2N2O4. The number of amides is 2. The number of anilines is 2. The maximum Gasteiger partial charge on any atom is 0.337 e. The van der Waals surface area contributed by atoms with Gasteiger partial charge in [0.05, 0.1) is 23.4 Å². The third-order valence-electron chi connectivity index (χ3n) is 3.46. The van der Waals surface area contributed by atoms with Crippen molar-refractivity contribution in [3.05, 3.63) is 58.1 Å². The van der Waals surface area contributed by atoms with Crippen LogP contribution in [0.25, 0.3) is 0 Å². The van der Waals surface area contributed by atoms with E-state index in [4.69, 9.17) is 23.2 Å². The van der Waals surface area contributed by atoms with E-state index in [0.29, 0.717) is 10.7 Å². The van der Waals surface area contributed by atoms with Crippen LogP contribution in [0.15, 0.2) is 42.5 Å². The minimum atomic E-state index is -0.554. The van der Waals surface area contributed by atoms with Crippen molar-refractivity contribution in [2.75, 3.05) is 23.9 Å². The van der Waals surface area contributed by atoms with E-state index in [1.165, 1.54) is 37.1 Å². The zero-order valence-electron chi connectivity index (χ0n) is 14.1. The molecule has 0 radical (unpaired) electrons. The van der Waals surface area contributed by atoms with Crippen molar-refractivity contribution < 1.29 is 19.1 Å². The molecule has 0 aromatic heterocycles. The molecule has 2 rings (SSSR count). The number of hydrogen-bond donors (Lipinski definition) is 1. The van der Waals surface area contributed by atoms with Crippen LogP contribution in [0, 0.1) is 0 Å². The van der Waals surface area contributed by atoms with Gasteiger partial charge >= 0.3 is 5.97 Å². The molecule has 0 unspecified atom stereocenters. The van der Waals surface area contributed by atoms with Crippen LogP contribution < -0.4 is 10.2 Å². The van der Waals surface area contributed by atoms with Crippen molar-refractivity contribution in [3.63, 3.8) is 0 Å². The number of halogens is 2. The Morgan fingerprint density at radius 1 is 1.12 bits per heavy atom. The average Bonchev–Trinajstić information content (AvgIpc) is 2.60. The molecule has 26 heavy (non-hydrogen) atoms. The van der Waals surface area contributed by atoms with Crippen LogP contribution in [0.5, 0.6) is 0 Å². The maximum absolute atomic E-state index is 12.4. The number of benzene rings is 2. The van der Waals surface area contributed by atoms with E-state index in [0.717, 1.165) is 0 Å². The van der Waals surface area contributed by atoms with E-state index in [2.05, 4.69) is 10.1 Å². The number of carbonyl (C=O) groups excluding carboxylic acids is 3. The molecule has 8 heteroatoms. The zero-order chi connectivity index (χ0) is 19.3. The van der Waals surface area contributed by atoms with Gasteiger partial charge in [-0.25, -0.2) is 4.79 Å². The summed E-state index contributed by atoms with van der Waals surface area (Å²) in [6.45, 7) is 1.10. The van der Waals surface area contributed by atoms with Gasteiger partial charge in [0.2, 0.25) is 11.8 Å². The lowest BCUT2D eigenvalue weighted by molar-refractivity contribution is -0.120. The Morgan fingerprint density at radius 3 is 2.46 bits per heavy atom. The maximum atomic E-state index is 12.4. The van der Waals surface area contributed by atoms with Crippen LogP contribution in [-0.2, 0) is 14.3 Å². The summed E-state index contributed by atoms with van der Waals surface area (Å²) in [6.07, 6.45) is 0. The van der Waals surface area contributed by atoms with Crippen molar-refractivity contribution >= 4 is 52.4 Å². The number of hydrogen-bond acceptors (Lipinski definition) is 4. The van der Waals surface area contributed by atoms with E-state index in [1.54, 1.807) is 24.3 Å². The first-order valence-corrected chi connectivity index (χ1v) is 8.29. The molecule has 136 valence electrons. The molecule has 0 spiro atoms. The number of methoxy groups -OCH3 is 1. The van der Waals surface area contributed by atoms with Gasteiger partial charge in [0, 0.05) is 17.6 Å². The third-order valence-corrected chi connectivity index (χ3v) is 4.03. The summed E-state index contributed by atoms with van der Waals surface area (Å²) >= 11 is 12.0. The van der Waals surface area contributed by atoms with E-state index in [1.807, 2.05) is 0 Å². The number of esters is 1. The van der Waals surface area contributed by atoms with Crippen molar-refractivity contribution in [1.29, 1.82) is 0 Å². The number of nitrogens with one attached hydrogen (secondary N) is 1. The standard InChI is InChI=1S/C18H16Cl2N2O4/c1-11(23)22(14-5-3-4-13(19)9-14)10-17(24)21-16-8-12(18(25)26-2)6-7-15(16)20/h3-9H,10H2,1-2H3,(H,21,24). The summed E-state index contributed by atoms with van der Waals surface area (Å²) in [5.74, 6) is -1.36. The van der Waals surface area contributed by atoms with Gasteiger partial charge in [0.1, 0.15) is 6.54 Å². The van der Waals surface area contributed by atoms with E-state index in [-0.39, 0.29) is 28.7 Å². The fraction of sp³-hybridized carbons (Fsp3) is 0.167. The Hall–Kier alpha value is -2.57. The van der Waals surface area contributed by atoms with Crippen LogP contribution in [0.4, 0.5) is 11.4 Å². The SMILES string of the molecule is COC(=O)c1ccc(Cl)c(NC(=O)CN(C(C)=O)c2cccc(Cl)c2)c1. The summed E-state index contributed by atoms with van der Waals surface area (Å²) in [5, 5.41) is 3.29. The molecule has 0 saturated carbocycles. The average molecular weight is 395 g/mol. The molecule has 2 amide bonds. The number of nitrogens with zero attached hydrogens (tertiary/aromatic N) is 1. The molecule has 0 bridgehead atoms. The Bertz CT molecular complexity index is 855. The van der Waals surface area contributed by atoms with Gasteiger partial charge < -0.3 is 15.0 Å². The smallest absolute Gasteiger partial charge is 0.337 e. The zero-order valence-corrected chi connectivity index (χ0v) is 15.6.